The molecule has 0 aromatic carbocycles. The first kappa shape index (κ1) is 11.9. The van der Waals surface area contributed by atoms with Crippen LogP contribution < -0.4 is 0 Å². The highest BCUT2D eigenvalue weighted by Gasteiger charge is 2.23. The first-order valence-corrected chi connectivity index (χ1v) is 6.16. The van der Waals surface area contributed by atoms with Gasteiger partial charge in [0.2, 0.25) is 5.76 Å². The molecule has 1 aliphatic heterocycles. The molecule has 1 amide bonds. The van der Waals surface area contributed by atoms with Gasteiger partial charge in [-0.1, -0.05) is 0 Å². The van der Waals surface area contributed by atoms with Crippen LogP contribution in [0.3, 0.4) is 0 Å². The van der Waals surface area contributed by atoms with Crippen molar-refractivity contribution in [2.24, 2.45) is 0 Å². The zero-order valence-electron chi connectivity index (χ0n) is 9.80. The Morgan fingerprint density at radius 1 is 1.53 bits per heavy atom. The molecule has 6 heteroatoms. The largest absolute Gasteiger partial charge is 0.491 e. The lowest BCUT2D eigenvalue weighted by molar-refractivity contribution is -0.132. The quantitative estimate of drug-likeness (QED) is 0.817. The Balaban J connectivity index is 2.04. The van der Waals surface area contributed by atoms with E-state index in [-0.39, 0.29) is 5.91 Å². The van der Waals surface area contributed by atoms with Gasteiger partial charge in [0, 0.05) is 18.6 Å². The highest BCUT2D eigenvalue weighted by molar-refractivity contribution is 7.09. The van der Waals surface area contributed by atoms with E-state index in [1.807, 2.05) is 5.38 Å². The second kappa shape index (κ2) is 5.18. The number of ether oxygens (including phenoxy) is 2. The first-order valence-electron chi connectivity index (χ1n) is 5.29. The van der Waals surface area contributed by atoms with E-state index >= 15 is 0 Å². The number of amides is 1. The highest BCUT2D eigenvalue weighted by Crippen LogP contribution is 2.16. The summed E-state index contributed by atoms with van der Waals surface area (Å²) in [6.07, 6.45) is 1.73. The molecule has 0 bridgehead atoms. The molecule has 17 heavy (non-hydrogen) atoms. The van der Waals surface area contributed by atoms with Crippen LogP contribution in [-0.2, 0) is 20.8 Å². The molecule has 0 saturated carbocycles. The number of thiazole rings is 1. The van der Waals surface area contributed by atoms with Gasteiger partial charge < -0.3 is 14.4 Å². The number of hydrogen-bond donors (Lipinski definition) is 0. The summed E-state index contributed by atoms with van der Waals surface area (Å²) < 4.78 is 10.6. The van der Waals surface area contributed by atoms with Crippen molar-refractivity contribution in [3.05, 3.63) is 28.1 Å². The van der Waals surface area contributed by atoms with Crippen molar-refractivity contribution in [1.82, 2.24) is 9.88 Å². The van der Waals surface area contributed by atoms with Crippen molar-refractivity contribution in [2.75, 3.05) is 20.3 Å². The summed E-state index contributed by atoms with van der Waals surface area (Å²) in [7, 11) is 1.72. The van der Waals surface area contributed by atoms with E-state index in [2.05, 4.69) is 4.98 Å². The van der Waals surface area contributed by atoms with Gasteiger partial charge in [0.05, 0.1) is 6.54 Å². The summed E-state index contributed by atoms with van der Waals surface area (Å²) in [5.41, 5.74) is 0. The molecule has 2 rings (SSSR count). The molecule has 0 saturated heterocycles. The van der Waals surface area contributed by atoms with Crippen LogP contribution in [-0.4, -0.2) is 36.1 Å². The molecule has 0 spiro atoms. The summed E-state index contributed by atoms with van der Waals surface area (Å²) in [6, 6.07) is 0. The third-order valence-electron chi connectivity index (χ3n) is 2.36. The normalized spacial score (nSPS) is 15.2. The molecule has 1 aliphatic rings. The lowest BCUT2D eigenvalue weighted by atomic mass is 10.3. The van der Waals surface area contributed by atoms with Gasteiger partial charge in [0.1, 0.15) is 24.0 Å². The Hall–Kier alpha value is -1.56. The maximum atomic E-state index is 12.1. The van der Waals surface area contributed by atoms with Crippen molar-refractivity contribution in [1.29, 1.82) is 0 Å². The van der Waals surface area contributed by atoms with Crippen LogP contribution in [0.15, 0.2) is 23.1 Å². The van der Waals surface area contributed by atoms with E-state index in [9.17, 15) is 4.79 Å². The van der Waals surface area contributed by atoms with Gasteiger partial charge in [0.15, 0.2) is 0 Å². The van der Waals surface area contributed by atoms with E-state index in [1.54, 1.807) is 25.1 Å². The van der Waals surface area contributed by atoms with E-state index in [0.29, 0.717) is 31.3 Å². The van der Waals surface area contributed by atoms with Crippen molar-refractivity contribution in [2.45, 2.75) is 13.5 Å². The fraction of sp³-hybridized carbons (Fsp3) is 0.455. The lowest BCUT2D eigenvalue weighted by Gasteiger charge is -2.23. The number of nitrogens with zero attached hydrogens (tertiary/aromatic N) is 2. The number of allylic oxidation sites excluding steroid dienone is 1. The minimum absolute atomic E-state index is 0.169. The predicted octanol–water partition coefficient (Wildman–Crippen LogP) is 1.38. The number of aromatic nitrogens is 1. The topological polar surface area (TPSA) is 51.7 Å². The van der Waals surface area contributed by atoms with Crippen LogP contribution in [0.5, 0.6) is 0 Å². The third kappa shape index (κ3) is 2.76. The molecule has 92 valence electrons. The van der Waals surface area contributed by atoms with Crippen LogP contribution in [0.1, 0.15) is 11.9 Å². The second-order valence-electron chi connectivity index (χ2n) is 3.67. The Bertz CT molecular complexity index is 428. The van der Waals surface area contributed by atoms with Crippen LogP contribution in [0.2, 0.25) is 0 Å². The minimum atomic E-state index is -0.169. The minimum Gasteiger partial charge on any atom is -0.491 e. The van der Waals surface area contributed by atoms with Gasteiger partial charge in [0.25, 0.3) is 5.91 Å². The molecule has 5 nitrogen and oxygen atoms in total. The van der Waals surface area contributed by atoms with Crippen molar-refractivity contribution in [3.8, 4) is 0 Å². The SMILES string of the molecule is CC1=C(C(=O)N(C)Cc2nccs2)OCCO1. The maximum Gasteiger partial charge on any atom is 0.292 e. The Labute approximate surface area is 104 Å². The smallest absolute Gasteiger partial charge is 0.292 e. The molecule has 0 unspecified atom stereocenters. The summed E-state index contributed by atoms with van der Waals surface area (Å²) in [6.45, 7) is 3.14. The molecule has 0 aliphatic carbocycles. The summed E-state index contributed by atoms with van der Waals surface area (Å²) in [4.78, 5) is 17.8. The van der Waals surface area contributed by atoms with Gasteiger partial charge in [-0.25, -0.2) is 4.98 Å². The molecule has 1 aromatic heterocycles. The third-order valence-corrected chi connectivity index (χ3v) is 3.13. The molecule has 0 N–H and O–H groups in total. The zero-order chi connectivity index (χ0) is 12.3. The van der Waals surface area contributed by atoms with Gasteiger partial charge in [-0.15, -0.1) is 11.3 Å². The zero-order valence-corrected chi connectivity index (χ0v) is 10.6. The average Bonchev–Trinajstić information content (AvgIpc) is 2.81. The second-order valence-corrected chi connectivity index (χ2v) is 4.65. The van der Waals surface area contributed by atoms with Gasteiger partial charge in [-0.2, -0.15) is 0 Å². The van der Waals surface area contributed by atoms with E-state index in [4.69, 9.17) is 9.47 Å². The number of rotatable bonds is 3. The standard InChI is InChI=1S/C11H14N2O3S/c1-8-10(16-5-4-15-8)11(14)13(2)7-9-12-3-6-17-9/h3,6H,4-5,7H2,1-2H3. The fourth-order valence-electron chi connectivity index (χ4n) is 1.50. The Kier molecular flexibility index (Phi) is 3.63. The molecule has 0 atom stereocenters. The van der Waals surface area contributed by atoms with Crippen LogP contribution in [0, 0.1) is 0 Å². The van der Waals surface area contributed by atoms with Crippen LogP contribution >= 0.6 is 11.3 Å². The predicted molar refractivity (Wildman–Crippen MR) is 63.2 cm³/mol. The van der Waals surface area contributed by atoms with Crippen LogP contribution in [0.25, 0.3) is 0 Å². The molecule has 0 fully saturated rings. The number of carbonyl (C=O) groups excluding carboxylic acids is 1. The first-order chi connectivity index (χ1) is 8.18. The lowest BCUT2D eigenvalue weighted by Crippen LogP contribution is -2.31. The Morgan fingerprint density at radius 2 is 2.29 bits per heavy atom. The molecular formula is C11H14N2O3S. The number of carbonyl (C=O) groups is 1. The van der Waals surface area contributed by atoms with Crippen molar-refractivity contribution >= 4 is 17.2 Å². The summed E-state index contributed by atoms with van der Waals surface area (Å²) >= 11 is 1.52. The van der Waals surface area contributed by atoms with E-state index < -0.39 is 0 Å². The number of likely N-dealkylation sites (N-methyl/N-ethyl adjacent to an activating group) is 1. The fourth-order valence-corrected chi connectivity index (χ4v) is 2.17. The monoisotopic (exact) mass is 254 g/mol. The molecule has 0 radical (unpaired) electrons. The van der Waals surface area contributed by atoms with Gasteiger partial charge >= 0.3 is 0 Å². The van der Waals surface area contributed by atoms with Gasteiger partial charge in [-0.05, 0) is 6.92 Å². The Morgan fingerprint density at radius 3 is 2.94 bits per heavy atom. The van der Waals surface area contributed by atoms with E-state index in [0.717, 1.165) is 5.01 Å². The van der Waals surface area contributed by atoms with Gasteiger partial charge in [-0.3, -0.25) is 4.79 Å². The highest BCUT2D eigenvalue weighted by atomic mass is 32.1. The average molecular weight is 254 g/mol. The summed E-state index contributed by atoms with van der Waals surface area (Å²) in [5, 5.41) is 2.79. The number of hydrogen-bond acceptors (Lipinski definition) is 5. The van der Waals surface area contributed by atoms with Crippen LogP contribution in [0.4, 0.5) is 0 Å². The van der Waals surface area contributed by atoms with E-state index in [1.165, 1.54) is 11.3 Å². The molecule has 2 heterocycles. The van der Waals surface area contributed by atoms with Crippen molar-refractivity contribution in [3.63, 3.8) is 0 Å². The maximum absolute atomic E-state index is 12.1. The van der Waals surface area contributed by atoms with Crippen molar-refractivity contribution < 1.29 is 14.3 Å². The molecular weight excluding hydrogens is 240 g/mol. The molecule has 1 aromatic rings. The summed E-state index contributed by atoms with van der Waals surface area (Å²) in [5.74, 6) is 0.681.